The number of amides is 1. The SMILES string of the molecule is CCSC1=NCCN1C(=O)c1ccc(F)cc1. The van der Waals surface area contributed by atoms with E-state index in [-0.39, 0.29) is 11.7 Å². The molecular formula is C12H13FN2OS. The number of carbonyl (C=O) groups is 1. The number of halogens is 1. The molecule has 17 heavy (non-hydrogen) atoms. The second-order valence-electron chi connectivity index (χ2n) is 3.56. The van der Waals surface area contributed by atoms with Crippen LogP contribution in [0, 0.1) is 5.82 Å². The number of benzene rings is 1. The zero-order valence-corrected chi connectivity index (χ0v) is 10.3. The van der Waals surface area contributed by atoms with Gasteiger partial charge in [-0.1, -0.05) is 18.7 Å². The number of nitrogens with zero attached hydrogens (tertiary/aromatic N) is 2. The van der Waals surface area contributed by atoms with Crippen LogP contribution in [0.2, 0.25) is 0 Å². The minimum absolute atomic E-state index is 0.109. The summed E-state index contributed by atoms with van der Waals surface area (Å²) < 4.78 is 12.8. The number of hydrogen-bond donors (Lipinski definition) is 0. The van der Waals surface area contributed by atoms with Crippen molar-refractivity contribution in [3.63, 3.8) is 0 Å². The fourth-order valence-electron chi connectivity index (χ4n) is 1.62. The zero-order chi connectivity index (χ0) is 12.3. The molecule has 1 aromatic carbocycles. The van der Waals surface area contributed by atoms with Crippen molar-refractivity contribution in [1.82, 2.24) is 4.90 Å². The molecule has 0 radical (unpaired) electrons. The maximum absolute atomic E-state index is 12.8. The largest absolute Gasteiger partial charge is 0.286 e. The molecule has 0 N–H and O–H groups in total. The third kappa shape index (κ3) is 2.66. The van der Waals surface area contributed by atoms with Gasteiger partial charge in [-0.3, -0.25) is 14.7 Å². The molecule has 0 saturated heterocycles. The van der Waals surface area contributed by atoms with Gasteiger partial charge in [-0.2, -0.15) is 0 Å². The number of rotatable bonds is 2. The number of amidine groups is 1. The molecule has 0 saturated carbocycles. The van der Waals surface area contributed by atoms with Crippen LogP contribution in [0.25, 0.3) is 0 Å². The molecule has 0 aliphatic carbocycles. The van der Waals surface area contributed by atoms with E-state index in [4.69, 9.17) is 0 Å². The van der Waals surface area contributed by atoms with Crippen LogP contribution in [-0.2, 0) is 0 Å². The maximum Gasteiger partial charge on any atom is 0.259 e. The van der Waals surface area contributed by atoms with Crippen LogP contribution in [0.4, 0.5) is 4.39 Å². The van der Waals surface area contributed by atoms with Crippen molar-refractivity contribution in [3.8, 4) is 0 Å². The van der Waals surface area contributed by atoms with Gasteiger partial charge in [0.05, 0.1) is 6.54 Å². The summed E-state index contributed by atoms with van der Waals surface area (Å²) in [5.41, 5.74) is 0.498. The Morgan fingerprint density at radius 3 is 2.82 bits per heavy atom. The van der Waals surface area contributed by atoms with Gasteiger partial charge < -0.3 is 0 Å². The monoisotopic (exact) mass is 252 g/mol. The maximum atomic E-state index is 12.8. The summed E-state index contributed by atoms with van der Waals surface area (Å²) in [6.45, 7) is 3.28. The van der Waals surface area contributed by atoms with E-state index in [1.807, 2.05) is 6.92 Å². The van der Waals surface area contributed by atoms with Gasteiger partial charge in [0.15, 0.2) is 5.17 Å². The number of carbonyl (C=O) groups excluding carboxylic acids is 1. The lowest BCUT2D eigenvalue weighted by Gasteiger charge is -2.17. The minimum atomic E-state index is -0.334. The Kier molecular flexibility index (Phi) is 3.78. The van der Waals surface area contributed by atoms with Crippen LogP contribution in [0.1, 0.15) is 17.3 Å². The Bertz CT molecular complexity index is 444. The van der Waals surface area contributed by atoms with Gasteiger partial charge in [-0.05, 0) is 30.0 Å². The molecule has 5 heteroatoms. The van der Waals surface area contributed by atoms with Gasteiger partial charge in [0.2, 0.25) is 0 Å². The predicted molar refractivity (Wildman–Crippen MR) is 67.9 cm³/mol. The normalized spacial score (nSPS) is 14.9. The first-order chi connectivity index (χ1) is 8.22. The fraction of sp³-hybridized carbons (Fsp3) is 0.333. The average Bonchev–Trinajstić information content (AvgIpc) is 2.78. The van der Waals surface area contributed by atoms with E-state index in [0.717, 1.165) is 10.9 Å². The topological polar surface area (TPSA) is 32.7 Å². The van der Waals surface area contributed by atoms with Gasteiger partial charge in [0.1, 0.15) is 5.82 Å². The lowest BCUT2D eigenvalue weighted by Crippen LogP contribution is -2.32. The van der Waals surface area contributed by atoms with Crippen LogP contribution >= 0.6 is 11.8 Å². The Morgan fingerprint density at radius 1 is 1.47 bits per heavy atom. The Balaban J connectivity index is 2.15. The van der Waals surface area contributed by atoms with Crippen molar-refractivity contribution in [2.45, 2.75) is 6.92 Å². The lowest BCUT2D eigenvalue weighted by atomic mass is 10.2. The molecule has 0 unspecified atom stereocenters. The van der Waals surface area contributed by atoms with E-state index in [0.29, 0.717) is 18.7 Å². The fourth-order valence-corrected chi connectivity index (χ4v) is 2.39. The van der Waals surface area contributed by atoms with Crippen LogP contribution in [0.5, 0.6) is 0 Å². The van der Waals surface area contributed by atoms with E-state index < -0.39 is 0 Å². The molecule has 3 nitrogen and oxygen atoms in total. The first-order valence-corrected chi connectivity index (χ1v) is 6.45. The van der Waals surface area contributed by atoms with Gasteiger partial charge in [-0.25, -0.2) is 4.39 Å². The second kappa shape index (κ2) is 5.31. The summed E-state index contributed by atoms with van der Waals surface area (Å²) in [6.07, 6.45) is 0. The van der Waals surface area contributed by atoms with E-state index >= 15 is 0 Å². The Morgan fingerprint density at radius 2 is 2.18 bits per heavy atom. The van der Waals surface area contributed by atoms with Gasteiger partial charge in [-0.15, -0.1) is 0 Å². The first-order valence-electron chi connectivity index (χ1n) is 5.47. The van der Waals surface area contributed by atoms with Gasteiger partial charge in [0, 0.05) is 12.1 Å². The lowest BCUT2D eigenvalue weighted by molar-refractivity contribution is 0.0860. The molecule has 0 atom stereocenters. The molecule has 1 aromatic rings. The molecule has 2 rings (SSSR count). The smallest absolute Gasteiger partial charge is 0.259 e. The Hall–Kier alpha value is -1.36. The van der Waals surface area contributed by atoms with E-state index in [9.17, 15) is 9.18 Å². The molecule has 0 bridgehead atoms. The number of aliphatic imine (C=N–C) groups is 1. The second-order valence-corrected chi connectivity index (χ2v) is 4.79. The van der Waals surface area contributed by atoms with Crippen molar-refractivity contribution < 1.29 is 9.18 Å². The number of hydrogen-bond acceptors (Lipinski definition) is 3. The third-order valence-electron chi connectivity index (χ3n) is 2.41. The van der Waals surface area contributed by atoms with Crippen molar-refractivity contribution in [2.75, 3.05) is 18.8 Å². The number of thioether (sulfide) groups is 1. The molecule has 1 aliphatic heterocycles. The van der Waals surface area contributed by atoms with Crippen LogP contribution in [0.15, 0.2) is 29.3 Å². The summed E-state index contributed by atoms with van der Waals surface area (Å²) >= 11 is 1.55. The van der Waals surface area contributed by atoms with Crippen LogP contribution in [0.3, 0.4) is 0 Å². The predicted octanol–water partition coefficient (Wildman–Crippen LogP) is 2.39. The minimum Gasteiger partial charge on any atom is -0.286 e. The van der Waals surface area contributed by atoms with Crippen molar-refractivity contribution in [2.24, 2.45) is 4.99 Å². The molecule has 0 aromatic heterocycles. The molecule has 0 fully saturated rings. The van der Waals surface area contributed by atoms with Crippen LogP contribution < -0.4 is 0 Å². The quantitative estimate of drug-likeness (QED) is 0.809. The molecule has 1 aliphatic rings. The highest BCUT2D eigenvalue weighted by Gasteiger charge is 2.24. The summed E-state index contributed by atoms with van der Waals surface area (Å²) in [5, 5.41) is 0.766. The molecule has 1 amide bonds. The highest BCUT2D eigenvalue weighted by Crippen LogP contribution is 2.17. The summed E-state index contributed by atoms with van der Waals surface area (Å²) in [6, 6.07) is 5.61. The summed E-state index contributed by atoms with van der Waals surface area (Å²) in [7, 11) is 0. The van der Waals surface area contributed by atoms with Crippen molar-refractivity contribution >= 4 is 22.8 Å². The summed E-state index contributed by atoms with van der Waals surface area (Å²) in [4.78, 5) is 18.1. The van der Waals surface area contributed by atoms with Crippen molar-refractivity contribution in [3.05, 3.63) is 35.6 Å². The molecule has 1 heterocycles. The molecule has 90 valence electrons. The standard InChI is InChI=1S/C12H13FN2OS/c1-2-17-12-14-7-8-15(12)11(16)9-3-5-10(13)6-4-9/h3-6H,2,7-8H2,1H3. The van der Waals surface area contributed by atoms with E-state index in [2.05, 4.69) is 4.99 Å². The van der Waals surface area contributed by atoms with E-state index in [1.165, 1.54) is 24.3 Å². The van der Waals surface area contributed by atoms with Crippen LogP contribution in [-0.4, -0.2) is 34.8 Å². The molecule has 0 spiro atoms. The average molecular weight is 252 g/mol. The first kappa shape index (κ1) is 12.1. The zero-order valence-electron chi connectivity index (χ0n) is 9.52. The third-order valence-corrected chi connectivity index (χ3v) is 3.31. The highest BCUT2D eigenvalue weighted by molar-refractivity contribution is 8.13. The van der Waals surface area contributed by atoms with Gasteiger partial charge in [0.25, 0.3) is 5.91 Å². The Labute approximate surface area is 104 Å². The summed E-state index contributed by atoms with van der Waals surface area (Å²) in [5.74, 6) is 0.438. The highest BCUT2D eigenvalue weighted by atomic mass is 32.2. The van der Waals surface area contributed by atoms with Crippen molar-refractivity contribution in [1.29, 1.82) is 0 Å². The molecular weight excluding hydrogens is 239 g/mol. The van der Waals surface area contributed by atoms with Gasteiger partial charge >= 0.3 is 0 Å². The van der Waals surface area contributed by atoms with E-state index in [1.54, 1.807) is 16.7 Å².